The topological polar surface area (TPSA) is 46.2 Å². The van der Waals surface area contributed by atoms with E-state index in [0.717, 1.165) is 12.1 Å². The Morgan fingerprint density at radius 2 is 2.00 bits per heavy atom. The second-order valence-corrected chi connectivity index (χ2v) is 6.67. The van der Waals surface area contributed by atoms with E-state index in [9.17, 15) is 21.6 Å². The molecule has 0 aliphatic heterocycles. The molecule has 1 rings (SSSR count). The van der Waals surface area contributed by atoms with Gasteiger partial charge in [0.1, 0.15) is 11.6 Å². The SMILES string of the molecule is C[C@@H](CF)NS(=O)(=O)c1ccc(Br)c(C(F)F)c1Cl. The second kappa shape index (κ2) is 6.43. The maximum atomic E-state index is 12.8. The van der Waals surface area contributed by atoms with Crippen LogP contribution >= 0.6 is 27.5 Å². The van der Waals surface area contributed by atoms with Crippen LogP contribution in [0.25, 0.3) is 0 Å². The highest BCUT2D eigenvalue weighted by atomic mass is 79.9. The van der Waals surface area contributed by atoms with E-state index in [1.54, 1.807) is 0 Å². The maximum absolute atomic E-state index is 12.8. The molecule has 1 atom stereocenters. The van der Waals surface area contributed by atoms with Crippen molar-refractivity contribution in [1.29, 1.82) is 0 Å². The molecule has 3 nitrogen and oxygen atoms in total. The van der Waals surface area contributed by atoms with Crippen molar-refractivity contribution < 1.29 is 21.6 Å². The standard InChI is InChI=1S/C10H10BrClF3NO2S/c1-5(4-13)16-19(17,18)7-3-2-6(11)8(9(7)12)10(14)15/h2-3,5,10,16H,4H2,1H3/t5-/m0/s1. The summed E-state index contributed by atoms with van der Waals surface area (Å²) in [7, 11) is -4.15. The zero-order valence-corrected chi connectivity index (χ0v) is 12.8. The van der Waals surface area contributed by atoms with Crippen LogP contribution < -0.4 is 4.72 Å². The van der Waals surface area contributed by atoms with Gasteiger partial charge in [-0.2, -0.15) is 0 Å². The third kappa shape index (κ3) is 3.84. The smallest absolute Gasteiger partial charge is 0.249 e. The lowest BCUT2D eigenvalue weighted by Crippen LogP contribution is -2.34. The molecular weight excluding hydrogens is 371 g/mol. The Bertz CT molecular complexity index is 568. The molecule has 0 aromatic heterocycles. The van der Waals surface area contributed by atoms with Crippen LogP contribution in [0.1, 0.15) is 18.9 Å². The molecule has 0 heterocycles. The Hall–Kier alpha value is -0.310. The van der Waals surface area contributed by atoms with Gasteiger partial charge in [0.05, 0.1) is 10.6 Å². The summed E-state index contributed by atoms with van der Waals surface area (Å²) in [5, 5.41) is -0.581. The monoisotopic (exact) mass is 379 g/mol. The van der Waals surface area contributed by atoms with Crippen LogP contribution in [0, 0.1) is 0 Å². The van der Waals surface area contributed by atoms with Gasteiger partial charge in [-0.25, -0.2) is 26.3 Å². The summed E-state index contributed by atoms with van der Waals surface area (Å²) < 4.78 is 63.7. The minimum Gasteiger partial charge on any atom is -0.249 e. The number of hydrogen-bond acceptors (Lipinski definition) is 2. The van der Waals surface area contributed by atoms with Gasteiger partial charge in [0.15, 0.2) is 0 Å². The van der Waals surface area contributed by atoms with Crippen molar-refractivity contribution in [1.82, 2.24) is 4.72 Å². The Kier molecular flexibility index (Phi) is 5.66. The fourth-order valence-electron chi connectivity index (χ4n) is 1.32. The zero-order chi connectivity index (χ0) is 14.8. The van der Waals surface area contributed by atoms with Crippen LogP contribution in [0.5, 0.6) is 0 Å². The van der Waals surface area contributed by atoms with Crippen LogP contribution in [0.3, 0.4) is 0 Å². The van der Waals surface area contributed by atoms with E-state index in [2.05, 4.69) is 15.9 Å². The molecule has 9 heteroatoms. The van der Waals surface area contributed by atoms with E-state index < -0.39 is 44.6 Å². The average Bonchev–Trinajstić information content (AvgIpc) is 2.27. The van der Waals surface area contributed by atoms with E-state index in [4.69, 9.17) is 11.6 Å². The van der Waals surface area contributed by atoms with Gasteiger partial charge in [0, 0.05) is 10.5 Å². The molecule has 0 fully saturated rings. The number of rotatable bonds is 5. The van der Waals surface area contributed by atoms with Crippen molar-refractivity contribution in [2.24, 2.45) is 0 Å². The first-order valence-electron chi connectivity index (χ1n) is 5.05. The summed E-state index contributed by atoms with van der Waals surface area (Å²) in [5.41, 5.74) is -0.613. The molecule has 0 saturated heterocycles. The van der Waals surface area contributed by atoms with E-state index in [-0.39, 0.29) is 4.47 Å². The lowest BCUT2D eigenvalue weighted by atomic mass is 10.2. The summed E-state index contributed by atoms with van der Waals surface area (Å²) in [6.45, 7) is 0.382. The highest BCUT2D eigenvalue weighted by Crippen LogP contribution is 2.37. The van der Waals surface area contributed by atoms with E-state index in [1.165, 1.54) is 6.92 Å². The van der Waals surface area contributed by atoms with Gasteiger partial charge < -0.3 is 0 Å². The van der Waals surface area contributed by atoms with Crippen LogP contribution in [0.2, 0.25) is 5.02 Å². The third-order valence-corrected chi connectivity index (χ3v) is 5.03. The van der Waals surface area contributed by atoms with Gasteiger partial charge >= 0.3 is 0 Å². The van der Waals surface area contributed by atoms with Crippen molar-refractivity contribution in [3.63, 3.8) is 0 Å². The highest BCUT2D eigenvalue weighted by Gasteiger charge is 2.26. The first kappa shape index (κ1) is 16.7. The van der Waals surface area contributed by atoms with Crippen LogP contribution in [0.4, 0.5) is 13.2 Å². The summed E-state index contributed by atoms with van der Waals surface area (Å²) in [6, 6.07) is 1.26. The second-order valence-electron chi connectivity index (χ2n) is 3.75. The number of sulfonamides is 1. The highest BCUT2D eigenvalue weighted by molar-refractivity contribution is 9.10. The Balaban J connectivity index is 3.33. The Morgan fingerprint density at radius 3 is 2.47 bits per heavy atom. The van der Waals surface area contributed by atoms with Crippen molar-refractivity contribution in [3.05, 3.63) is 27.2 Å². The van der Waals surface area contributed by atoms with Gasteiger partial charge in [0.25, 0.3) is 6.43 Å². The van der Waals surface area contributed by atoms with Crippen LogP contribution in [-0.4, -0.2) is 21.1 Å². The van der Waals surface area contributed by atoms with Crippen LogP contribution in [-0.2, 0) is 10.0 Å². The summed E-state index contributed by atoms with van der Waals surface area (Å²) >= 11 is 8.57. The predicted molar refractivity (Wildman–Crippen MR) is 69.9 cm³/mol. The summed E-state index contributed by atoms with van der Waals surface area (Å²) in [5.74, 6) is 0. The molecule has 0 amide bonds. The number of benzene rings is 1. The fourth-order valence-corrected chi connectivity index (χ4v) is 3.80. The molecule has 0 radical (unpaired) electrons. The molecule has 0 aliphatic carbocycles. The lowest BCUT2D eigenvalue weighted by Gasteiger charge is -2.14. The average molecular weight is 381 g/mol. The van der Waals surface area contributed by atoms with Crippen molar-refractivity contribution in [3.8, 4) is 0 Å². The lowest BCUT2D eigenvalue weighted by molar-refractivity contribution is 0.150. The third-order valence-electron chi connectivity index (χ3n) is 2.19. The number of alkyl halides is 3. The molecule has 0 aliphatic rings. The molecule has 0 spiro atoms. The predicted octanol–water partition coefficient (Wildman–Crippen LogP) is 3.68. The molecule has 108 valence electrons. The molecule has 0 saturated carbocycles. The van der Waals surface area contributed by atoms with Gasteiger partial charge in [-0.1, -0.05) is 27.5 Å². The number of halogens is 5. The first-order chi connectivity index (χ1) is 8.70. The minimum absolute atomic E-state index is 0.00462. The molecule has 1 aromatic rings. The molecular formula is C10H10BrClF3NO2S. The zero-order valence-electron chi connectivity index (χ0n) is 9.63. The van der Waals surface area contributed by atoms with E-state index >= 15 is 0 Å². The fraction of sp³-hybridized carbons (Fsp3) is 0.400. The quantitative estimate of drug-likeness (QED) is 0.847. The Morgan fingerprint density at radius 1 is 1.42 bits per heavy atom. The Labute approximate surface area is 122 Å². The normalized spacial score (nSPS) is 13.8. The molecule has 0 unspecified atom stereocenters. The van der Waals surface area contributed by atoms with E-state index in [0.29, 0.717) is 0 Å². The van der Waals surface area contributed by atoms with Crippen molar-refractivity contribution >= 4 is 37.6 Å². The van der Waals surface area contributed by atoms with Gasteiger partial charge in [-0.15, -0.1) is 0 Å². The maximum Gasteiger partial charge on any atom is 0.266 e. The number of nitrogens with one attached hydrogen (secondary N) is 1. The summed E-state index contributed by atoms with van der Waals surface area (Å²) in [6.07, 6.45) is -2.93. The molecule has 19 heavy (non-hydrogen) atoms. The van der Waals surface area contributed by atoms with Gasteiger partial charge in [-0.05, 0) is 19.1 Å². The minimum atomic E-state index is -4.15. The first-order valence-corrected chi connectivity index (χ1v) is 7.70. The van der Waals surface area contributed by atoms with Crippen molar-refractivity contribution in [2.45, 2.75) is 24.3 Å². The summed E-state index contributed by atoms with van der Waals surface area (Å²) in [4.78, 5) is -0.507. The van der Waals surface area contributed by atoms with Gasteiger partial charge in [-0.3, -0.25) is 0 Å². The van der Waals surface area contributed by atoms with Crippen molar-refractivity contribution in [2.75, 3.05) is 6.67 Å². The molecule has 0 bridgehead atoms. The van der Waals surface area contributed by atoms with Crippen LogP contribution in [0.15, 0.2) is 21.5 Å². The number of hydrogen-bond donors (Lipinski definition) is 1. The largest absolute Gasteiger partial charge is 0.266 e. The molecule has 1 N–H and O–H groups in total. The van der Waals surface area contributed by atoms with Gasteiger partial charge in [0.2, 0.25) is 10.0 Å². The van der Waals surface area contributed by atoms with E-state index in [1.807, 2.05) is 4.72 Å². The molecule has 1 aromatic carbocycles.